The molecule has 0 aromatic heterocycles. The van der Waals surface area contributed by atoms with Gasteiger partial charge < -0.3 is 10.4 Å². The largest absolute Gasteiger partial charge is 0.394 e. The van der Waals surface area contributed by atoms with Crippen LogP contribution < -0.4 is 5.32 Å². The molecule has 1 rings (SSSR count). The molecular formula is C9H12FNO. The van der Waals surface area contributed by atoms with Gasteiger partial charge in [0.25, 0.3) is 0 Å². The van der Waals surface area contributed by atoms with Crippen LogP contribution in [0.4, 0.5) is 4.39 Å². The van der Waals surface area contributed by atoms with Gasteiger partial charge in [-0.1, -0.05) is 12.1 Å². The Kier molecular flexibility index (Phi) is 3.19. The van der Waals surface area contributed by atoms with Crippen LogP contribution in [0.2, 0.25) is 0 Å². The summed E-state index contributed by atoms with van der Waals surface area (Å²) in [6, 6.07) is 5.98. The molecule has 0 heterocycles. The number of hydrogen-bond acceptors (Lipinski definition) is 2. The molecule has 0 amide bonds. The van der Waals surface area contributed by atoms with E-state index in [1.165, 1.54) is 12.1 Å². The molecule has 2 N–H and O–H groups in total. The number of likely N-dealkylation sites (N-methyl/N-ethyl adjacent to an activating group) is 1. The second-order valence-electron chi connectivity index (χ2n) is 2.58. The molecule has 12 heavy (non-hydrogen) atoms. The lowest BCUT2D eigenvalue weighted by atomic mass is 10.1. The Bertz CT molecular complexity index is 231. The quantitative estimate of drug-likeness (QED) is 0.709. The number of benzene rings is 1. The van der Waals surface area contributed by atoms with Gasteiger partial charge in [-0.15, -0.1) is 0 Å². The van der Waals surface area contributed by atoms with Crippen LogP contribution in [0.25, 0.3) is 0 Å². The summed E-state index contributed by atoms with van der Waals surface area (Å²) >= 11 is 0. The third-order valence-electron chi connectivity index (χ3n) is 1.80. The molecule has 0 aliphatic rings. The Balaban J connectivity index is 2.80. The smallest absolute Gasteiger partial charge is 0.123 e. The molecular weight excluding hydrogens is 157 g/mol. The predicted octanol–water partition coefficient (Wildman–Crippen LogP) is 1.08. The van der Waals surface area contributed by atoms with Crippen molar-refractivity contribution in [2.45, 2.75) is 6.04 Å². The molecule has 0 aliphatic carbocycles. The van der Waals surface area contributed by atoms with E-state index in [1.54, 1.807) is 19.2 Å². The zero-order valence-electron chi connectivity index (χ0n) is 6.92. The average Bonchev–Trinajstić information content (AvgIpc) is 2.10. The van der Waals surface area contributed by atoms with E-state index in [-0.39, 0.29) is 18.5 Å². The Hall–Kier alpha value is -0.930. The fourth-order valence-electron chi connectivity index (χ4n) is 1.06. The maximum absolute atomic E-state index is 12.5. The minimum absolute atomic E-state index is 0.0160. The van der Waals surface area contributed by atoms with Gasteiger partial charge in [0.2, 0.25) is 0 Å². The SMILES string of the molecule is CN[C@@H](CO)c1ccc(F)cc1. The molecule has 0 unspecified atom stereocenters. The molecule has 3 heteroatoms. The lowest BCUT2D eigenvalue weighted by Gasteiger charge is -2.12. The van der Waals surface area contributed by atoms with E-state index in [0.717, 1.165) is 5.56 Å². The molecule has 0 aliphatic heterocycles. The van der Waals surface area contributed by atoms with Gasteiger partial charge in [0.1, 0.15) is 5.82 Å². The highest BCUT2D eigenvalue weighted by Gasteiger charge is 2.06. The number of rotatable bonds is 3. The van der Waals surface area contributed by atoms with Crippen molar-refractivity contribution in [1.82, 2.24) is 5.32 Å². The van der Waals surface area contributed by atoms with Crippen molar-refractivity contribution in [3.63, 3.8) is 0 Å². The van der Waals surface area contributed by atoms with Crippen molar-refractivity contribution in [2.75, 3.05) is 13.7 Å². The fourth-order valence-corrected chi connectivity index (χ4v) is 1.06. The van der Waals surface area contributed by atoms with E-state index in [2.05, 4.69) is 5.32 Å². The van der Waals surface area contributed by atoms with Crippen LogP contribution in [0.3, 0.4) is 0 Å². The number of nitrogens with one attached hydrogen (secondary N) is 1. The molecule has 0 saturated carbocycles. The van der Waals surface area contributed by atoms with Crippen molar-refractivity contribution < 1.29 is 9.50 Å². The molecule has 66 valence electrons. The summed E-state index contributed by atoms with van der Waals surface area (Å²) in [5.74, 6) is -0.258. The van der Waals surface area contributed by atoms with E-state index in [1.807, 2.05) is 0 Å². The van der Waals surface area contributed by atoms with Crippen LogP contribution in [0.5, 0.6) is 0 Å². The number of aliphatic hydroxyl groups is 1. The molecule has 1 aromatic carbocycles. The van der Waals surface area contributed by atoms with Crippen LogP contribution in [-0.2, 0) is 0 Å². The van der Waals surface area contributed by atoms with Gasteiger partial charge in [-0.25, -0.2) is 4.39 Å². The summed E-state index contributed by atoms with van der Waals surface area (Å²) in [6.45, 7) is 0.0160. The van der Waals surface area contributed by atoms with Crippen molar-refractivity contribution in [1.29, 1.82) is 0 Å². The van der Waals surface area contributed by atoms with Crippen molar-refractivity contribution in [2.24, 2.45) is 0 Å². The molecule has 0 radical (unpaired) electrons. The van der Waals surface area contributed by atoms with E-state index >= 15 is 0 Å². The van der Waals surface area contributed by atoms with Crippen LogP contribution in [0, 0.1) is 5.82 Å². The van der Waals surface area contributed by atoms with Crippen molar-refractivity contribution >= 4 is 0 Å². The Morgan fingerprint density at radius 3 is 2.42 bits per heavy atom. The zero-order chi connectivity index (χ0) is 8.97. The highest BCUT2D eigenvalue weighted by Crippen LogP contribution is 2.11. The molecule has 0 fully saturated rings. The highest BCUT2D eigenvalue weighted by molar-refractivity contribution is 5.19. The predicted molar refractivity (Wildman–Crippen MR) is 45.3 cm³/mol. The lowest BCUT2D eigenvalue weighted by molar-refractivity contribution is 0.251. The van der Waals surface area contributed by atoms with Crippen molar-refractivity contribution in [3.8, 4) is 0 Å². The summed E-state index contributed by atoms with van der Waals surface area (Å²) in [4.78, 5) is 0. The van der Waals surface area contributed by atoms with Crippen LogP contribution in [0.1, 0.15) is 11.6 Å². The molecule has 1 atom stereocenters. The first-order valence-corrected chi connectivity index (χ1v) is 3.81. The molecule has 0 saturated heterocycles. The third kappa shape index (κ3) is 2.03. The summed E-state index contributed by atoms with van der Waals surface area (Å²) in [5, 5.41) is 11.8. The Labute approximate surface area is 71.0 Å². The first kappa shape index (κ1) is 9.16. The van der Waals surface area contributed by atoms with Gasteiger partial charge >= 0.3 is 0 Å². The second-order valence-corrected chi connectivity index (χ2v) is 2.58. The fraction of sp³-hybridized carbons (Fsp3) is 0.333. The van der Waals surface area contributed by atoms with Gasteiger partial charge in [0.05, 0.1) is 12.6 Å². The van der Waals surface area contributed by atoms with Gasteiger partial charge in [0.15, 0.2) is 0 Å². The average molecular weight is 169 g/mol. The molecule has 2 nitrogen and oxygen atoms in total. The summed E-state index contributed by atoms with van der Waals surface area (Å²) in [7, 11) is 1.75. The Morgan fingerprint density at radius 1 is 1.42 bits per heavy atom. The minimum atomic E-state index is -0.258. The first-order chi connectivity index (χ1) is 5.77. The number of hydrogen-bond donors (Lipinski definition) is 2. The van der Waals surface area contributed by atoms with E-state index in [9.17, 15) is 4.39 Å². The van der Waals surface area contributed by atoms with Gasteiger partial charge in [-0.3, -0.25) is 0 Å². The van der Waals surface area contributed by atoms with Crippen LogP contribution in [0.15, 0.2) is 24.3 Å². The zero-order valence-corrected chi connectivity index (χ0v) is 6.92. The first-order valence-electron chi connectivity index (χ1n) is 3.81. The number of halogens is 1. The molecule has 0 bridgehead atoms. The molecule has 1 aromatic rings. The minimum Gasteiger partial charge on any atom is -0.394 e. The summed E-state index contributed by atoms with van der Waals surface area (Å²) in [6.07, 6.45) is 0. The maximum Gasteiger partial charge on any atom is 0.123 e. The van der Waals surface area contributed by atoms with E-state index < -0.39 is 0 Å². The maximum atomic E-state index is 12.5. The highest BCUT2D eigenvalue weighted by atomic mass is 19.1. The summed E-state index contributed by atoms with van der Waals surface area (Å²) < 4.78 is 12.5. The summed E-state index contributed by atoms with van der Waals surface area (Å²) in [5.41, 5.74) is 0.890. The monoisotopic (exact) mass is 169 g/mol. The number of aliphatic hydroxyl groups excluding tert-OH is 1. The van der Waals surface area contributed by atoms with Gasteiger partial charge in [0, 0.05) is 0 Å². The van der Waals surface area contributed by atoms with Crippen molar-refractivity contribution in [3.05, 3.63) is 35.6 Å². The standard InChI is InChI=1S/C9H12FNO/c1-11-9(6-12)7-2-4-8(10)5-3-7/h2-5,9,11-12H,6H2,1H3/t9-/m0/s1. The van der Waals surface area contributed by atoms with E-state index in [0.29, 0.717) is 0 Å². The van der Waals surface area contributed by atoms with Gasteiger partial charge in [-0.2, -0.15) is 0 Å². The Morgan fingerprint density at radius 2 is 2.00 bits per heavy atom. The lowest BCUT2D eigenvalue weighted by Crippen LogP contribution is -2.19. The van der Waals surface area contributed by atoms with E-state index in [4.69, 9.17) is 5.11 Å². The van der Waals surface area contributed by atoms with Gasteiger partial charge in [-0.05, 0) is 24.7 Å². The van der Waals surface area contributed by atoms with Crippen LogP contribution >= 0.6 is 0 Å². The normalized spacial score (nSPS) is 12.9. The topological polar surface area (TPSA) is 32.3 Å². The third-order valence-corrected chi connectivity index (χ3v) is 1.80. The molecule has 0 spiro atoms. The second kappa shape index (κ2) is 4.18. The van der Waals surface area contributed by atoms with Crippen LogP contribution in [-0.4, -0.2) is 18.8 Å².